The maximum absolute atomic E-state index is 13.2. The van der Waals surface area contributed by atoms with E-state index in [-0.39, 0.29) is 11.2 Å². The molecule has 2 aromatic carbocycles. The fourth-order valence-corrected chi connectivity index (χ4v) is 3.85. The molecule has 3 rings (SSSR count). The molecule has 0 aliphatic carbocycles. The second-order valence-electron chi connectivity index (χ2n) is 8.00. The predicted octanol–water partition coefficient (Wildman–Crippen LogP) is 5.83. The van der Waals surface area contributed by atoms with Gasteiger partial charge in [0.2, 0.25) is 0 Å². The molecule has 2 nitrogen and oxygen atoms in total. The van der Waals surface area contributed by atoms with E-state index in [2.05, 4.69) is 62.1 Å². The van der Waals surface area contributed by atoms with Crippen molar-refractivity contribution in [3.8, 4) is 0 Å². The summed E-state index contributed by atoms with van der Waals surface area (Å²) in [4.78, 5) is 15.7. The lowest BCUT2D eigenvalue weighted by Gasteiger charge is -2.30. The summed E-state index contributed by atoms with van der Waals surface area (Å²) in [6, 6.07) is 16.9. The van der Waals surface area contributed by atoms with Crippen LogP contribution in [0.2, 0.25) is 0 Å². The van der Waals surface area contributed by atoms with Crippen molar-refractivity contribution in [2.24, 2.45) is 5.41 Å². The molecule has 0 saturated carbocycles. The lowest BCUT2D eigenvalue weighted by Crippen LogP contribution is -2.30. The number of benzene rings is 2. The number of piperidine rings is 1. The zero-order valence-corrected chi connectivity index (χ0v) is 16.4. The molecule has 0 bridgehead atoms. The molecule has 1 heterocycles. The summed E-state index contributed by atoms with van der Waals surface area (Å²) >= 11 is 0. The zero-order valence-electron chi connectivity index (χ0n) is 16.4. The summed E-state index contributed by atoms with van der Waals surface area (Å²) in [6.45, 7) is 8.58. The van der Waals surface area contributed by atoms with Gasteiger partial charge in [-0.2, -0.15) is 0 Å². The Bertz CT molecular complexity index is 726. The Hall–Kier alpha value is -2.09. The Morgan fingerprint density at radius 1 is 0.962 bits per heavy atom. The molecular formula is C24H31NO. The van der Waals surface area contributed by atoms with E-state index in [1.165, 1.54) is 36.1 Å². The van der Waals surface area contributed by atoms with Crippen molar-refractivity contribution >= 4 is 11.5 Å². The third kappa shape index (κ3) is 4.17. The molecule has 2 aromatic rings. The summed E-state index contributed by atoms with van der Waals surface area (Å²) in [5.41, 5.74) is 4.21. The van der Waals surface area contributed by atoms with E-state index in [9.17, 15) is 4.79 Å². The summed E-state index contributed by atoms with van der Waals surface area (Å²) in [5, 5.41) is 0. The molecule has 26 heavy (non-hydrogen) atoms. The quantitative estimate of drug-likeness (QED) is 0.612. The van der Waals surface area contributed by atoms with E-state index in [0.717, 1.165) is 31.5 Å². The van der Waals surface area contributed by atoms with Crippen LogP contribution in [0.4, 0.5) is 5.69 Å². The van der Waals surface area contributed by atoms with Gasteiger partial charge in [0.25, 0.3) is 0 Å². The van der Waals surface area contributed by atoms with Gasteiger partial charge in [-0.15, -0.1) is 0 Å². The van der Waals surface area contributed by atoms with E-state index in [4.69, 9.17) is 0 Å². The van der Waals surface area contributed by atoms with Gasteiger partial charge in [0, 0.05) is 29.8 Å². The van der Waals surface area contributed by atoms with Crippen LogP contribution in [0.5, 0.6) is 0 Å². The fourth-order valence-electron chi connectivity index (χ4n) is 3.85. The van der Waals surface area contributed by atoms with Gasteiger partial charge in [0.15, 0.2) is 5.78 Å². The minimum Gasteiger partial charge on any atom is -0.372 e. The maximum atomic E-state index is 13.2. The Balaban J connectivity index is 1.75. The SMILES string of the molecule is CCC(C)(Cc1ccc(C)cc1)C(=O)c1ccc(N2CCCCC2)cc1. The van der Waals surface area contributed by atoms with Crippen LogP contribution in [0.3, 0.4) is 0 Å². The molecule has 0 radical (unpaired) electrons. The first-order valence-electron chi connectivity index (χ1n) is 9.97. The largest absolute Gasteiger partial charge is 0.372 e. The molecule has 0 spiro atoms. The molecule has 1 aliphatic rings. The number of aryl methyl sites for hydroxylation is 1. The first-order chi connectivity index (χ1) is 12.5. The van der Waals surface area contributed by atoms with E-state index in [0.29, 0.717) is 0 Å². The third-order valence-corrected chi connectivity index (χ3v) is 5.89. The van der Waals surface area contributed by atoms with Gasteiger partial charge in [-0.25, -0.2) is 0 Å². The van der Waals surface area contributed by atoms with E-state index in [1.807, 2.05) is 12.1 Å². The number of rotatable bonds is 6. The second kappa shape index (κ2) is 8.07. The van der Waals surface area contributed by atoms with Gasteiger partial charge in [0.05, 0.1) is 0 Å². The van der Waals surface area contributed by atoms with Crippen LogP contribution in [-0.4, -0.2) is 18.9 Å². The number of ketones is 1. The number of nitrogens with zero attached hydrogens (tertiary/aromatic N) is 1. The minimum atomic E-state index is -0.359. The van der Waals surface area contributed by atoms with Crippen LogP contribution in [0, 0.1) is 12.3 Å². The monoisotopic (exact) mass is 349 g/mol. The van der Waals surface area contributed by atoms with Gasteiger partial charge in [-0.1, -0.05) is 43.7 Å². The Morgan fingerprint density at radius 3 is 2.15 bits per heavy atom. The standard InChI is InChI=1S/C24H31NO/c1-4-24(3,18-20-10-8-19(2)9-11-20)23(26)21-12-14-22(15-13-21)25-16-6-5-7-17-25/h8-15H,4-7,16-18H2,1-3H3. The highest BCUT2D eigenvalue weighted by molar-refractivity contribution is 6.00. The van der Waals surface area contributed by atoms with Crippen molar-refractivity contribution in [3.05, 3.63) is 65.2 Å². The number of hydrogen-bond acceptors (Lipinski definition) is 2. The van der Waals surface area contributed by atoms with Crippen molar-refractivity contribution < 1.29 is 4.79 Å². The number of anilines is 1. The number of carbonyl (C=O) groups excluding carboxylic acids is 1. The number of hydrogen-bond donors (Lipinski definition) is 0. The molecule has 2 heteroatoms. The van der Waals surface area contributed by atoms with Crippen LogP contribution < -0.4 is 4.90 Å². The van der Waals surface area contributed by atoms with Crippen LogP contribution in [0.1, 0.15) is 61.0 Å². The maximum Gasteiger partial charge on any atom is 0.169 e. The second-order valence-corrected chi connectivity index (χ2v) is 8.00. The van der Waals surface area contributed by atoms with Gasteiger partial charge >= 0.3 is 0 Å². The normalized spacial score (nSPS) is 17.0. The smallest absolute Gasteiger partial charge is 0.169 e. The first kappa shape index (κ1) is 18.7. The molecular weight excluding hydrogens is 318 g/mol. The molecule has 0 N–H and O–H groups in total. The van der Waals surface area contributed by atoms with Crippen LogP contribution in [0.25, 0.3) is 0 Å². The molecule has 1 aliphatic heterocycles. The third-order valence-electron chi connectivity index (χ3n) is 5.89. The van der Waals surface area contributed by atoms with Crippen molar-refractivity contribution in [2.75, 3.05) is 18.0 Å². The number of carbonyl (C=O) groups is 1. The Labute approximate surface area is 158 Å². The minimum absolute atomic E-state index is 0.255. The topological polar surface area (TPSA) is 20.3 Å². The van der Waals surface area contributed by atoms with E-state index in [1.54, 1.807) is 0 Å². The molecule has 1 atom stereocenters. The summed E-state index contributed by atoms with van der Waals surface area (Å²) in [5.74, 6) is 0.255. The average molecular weight is 350 g/mol. The van der Waals surface area contributed by atoms with Crippen molar-refractivity contribution in [1.29, 1.82) is 0 Å². The van der Waals surface area contributed by atoms with Gasteiger partial charge in [-0.05, 0) is 68.9 Å². The highest BCUT2D eigenvalue weighted by Gasteiger charge is 2.32. The van der Waals surface area contributed by atoms with Gasteiger partial charge in [-0.3, -0.25) is 4.79 Å². The summed E-state index contributed by atoms with van der Waals surface area (Å²) < 4.78 is 0. The van der Waals surface area contributed by atoms with Crippen LogP contribution in [0.15, 0.2) is 48.5 Å². The average Bonchev–Trinajstić information content (AvgIpc) is 2.70. The fraction of sp³-hybridized carbons (Fsp3) is 0.458. The van der Waals surface area contributed by atoms with Crippen molar-refractivity contribution in [2.45, 2.75) is 52.9 Å². The molecule has 1 unspecified atom stereocenters. The summed E-state index contributed by atoms with van der Waals surface area (Å²) in [6.07, 6.45) is 5.50. The lowest BCUT2D eigenvalue weighted by molar-refractivity contribution is 0.0808. The predicted molar refractivity (Wildman–Crippen MR) is 110 cm³/mol. The van der Waals surface area contributed by atoms with Crippen LogP contribution >= 0.6 is 0 Å². The van der Waals surface area contributed by atoms with E-state index < -0.39 is 0 Å². The molecule has 1 fully saturated rings. The lowest BCUT2D eigenvalue weighted by atomic mass is 9.75. The Morgan fingerprint density at radius 2 is 1.58 bits per heavy atom. The van der Waals surface area contributed by atoms with Gasteiger partial charge < -0.3 is 4.90 Å². The molecule has 0 amide bonds. The highest BCUT2D eigenvalue weighted by Crippen LogP contribution is 2.32. The van der Waals surface area contributed by atoms with E-state index >= 15 is 0 Å². The zero-order chi connectivity index (χ0) is 18.6. The molecule has 1 saturated heterocycles. The van der Waals surface area contributed by atoms with Crippen molar-refractivity contribution in [3.63, 3.8) is 0 Å². The van der Waals surface area contributed by atoms with Crippen molar-refractivity contribution in [1.82, 2.24) is 0 Å². The van der Waals surface area contributed by atoms with Crippen LogP contribution in [-0.2, 0) is 6.42 Å². The Kier molecular flexibility index (Phi) is 5.80. The first-order valence-corrected chi connectivity index (χ1v) is 9.97. The summed E-state index contributed by atoms with van der Waals surface area (Å²) in [7, 11) is 0. The molecule has 138 valence electrons. The number of Topliss-reactive ketones (excluding diaryl/α,β-unsaturated/α-hetero) is 1. The van der Waals surface area contributed by atoms with Gasteiger partial charge in [0.1, 0.15) is 0 Å². The highest BCUT2D eigenvalue weighted by atomic mass is 16.1. The molecule has 0 aromatic heterocycles.